The third kappa shape index (κ3) is 3.73. The third-order valence-corrected chi connectivity index (χ3v) is 6.09. The second-order valence-corrected chi connectivity index (χ2v) is 8.33. The average Bonchev–Trinajstić information content (AvgIpc) is 2.80. The Kier molecular flexibility index (Phi) is 5.26. The van der Waals surface area contributed by atoms with Crippen LogP contribution in [0.3, 0.4) is 0 Å². The Morgan fingerprint density at radius 2 is 1.87 bits per heavy atom. The van der Waals surface area contributed by atoms with Crippen molar-refractivity contribution in [2.45, 2.75) is 37.8 Å². The molecule has 1 aromatic carbocycles. The van der Waals surface area contributed by atoms with E-state index in [4.69, 9.17) is 16.6 Å². The van der Waals surface area contributed by atoms with E-state index in [-0.39, 0.29) is 11.6 Å². The van der Waals surface area contributed by atoms with Crippen molar-refractivity contribution >= 4 is 22.5 Å². The third-order valence-electron chi connectivity index (χ3n) is 5.84. The van der Waals surface area contributed by atoms with Crippen molar-refractivity contribution in [2.24, 2.45) is 0 Å². The summed E-state index contributed by atoms with van der Waals surface area (Å²) in [6.07, 6.45) is 7.63. The molecule has 3 aromatic heterocycles. The summed E-state index contributed by atoms with van der Waals surface area (Å²) in [6.45, 7) is 0. The van der Waals surface area contributed by atoms with Gasteiger partial charge in [0, 0.05) is 40.8 Å². The smallest absolute Gasteiger partial charge is 0.262 e. The SMILES string of the molecule is O=c1c2ccnc(-c3cccnc3)c2nc(-c2ccc(Cl)cc2)n1C1CCCC(O)C1. The van der Waals surface area contributed by atoms with Crippen molar-refractivity contribution < 1.29 is 5.11 Å². The molecule has 3 heterocycles. The first-order chi connectivity index (χ1) is 15.1. The molecule has 1 aliphatic carbocycles. The number of hydrogen-bond acceptors (Lipinski definition) is 5. The maximum absolute atomic E-state index is 13.8. The molecule has 0 radical (unpaired) electrons. The summed E-state index contributed by atoms with van der Waals surface area (Å²) >= 11 is 6.10. The van der Waals surface area contributed by atoms with Crippen LogP contribution in [0.1, 0.15) is 31.7 Å². The highest BCUT2D eigenvalue weighted by Crippen LogP contribution is 2.33. The summed E-state index contributed by atoms with van der Waals surface area (Å²) < 4.78 is 1.75. The summed E-state index contributed by atoms with van der Waals surface area (Å²) in [5, 5.41) is 11.4. The minimum atomic E-state index is -0.414. The lowest BCUT2D eigenvalue weighted by Gasteiger charge is -2.29. The van der Waals surface area contributed by atoms with Gasteiger partial charge in [0.15, 0.2) is 0 Å². The van der Waals surface area contributed by atoms with E-state index >= 15 is 0 Å². The zero-order valence-electron chi connectivity index (χ0n) is 16.8. The topological polar surface area (TPSA) is 80.9 Å². The number of hydrogen-bond donors (Lipinski definition) is 1. The van der Waals surface area contributed by atoms with Crippen LogP contribution in [0.2, 0.25) is 5.02 Å². The molecule has 0 amide bonds. The van der Waals surface area contributed by atoms with Gasteiger partial charge < -0.3 is 5.11 Å². The first-order valence-corrected chi connectivity index (χ1v) is 10.8. The van der Waals surface area contributed by atoms with Crippen LogP contribution < -0.4 is 5.56 Å². The fourth-order valence-corrected chi connectivity index (χ4v) is 4.48. The first-order valence-electron chi connectivity index (χ1n) is 10.4. The fourth-order valence-electron chi connectivity index (χ4n) is 4.35. The van der Waals surface area contributed by atoms with E-state index in [9.17, 15) is 9.90 Å². The van der Waals surface area contributed by atoms with Crippen LogP contribution in [-0.2, 0) is 0 Å². The van der Waals surface area contributed by atoms with Crippen molar-refractivity contribution in [3.8, 4) is 22.6 Å². The van der Waals surface area contributed by atoms with E-state index in [0.717, 1.165) is 30.4 Å². The lowest BCUT2D eigenvalue weighted by Crippen LogP contribution is -2.32. The average molecular weight is 433 g/mol. The number of aliphatic hydroxyl groups excluding tert-OH is 1. The Bertz CT molecular complexity index is 1290. The summed E-state index contributed by atoms with van der Waals surface area (Å²) in [7, 11) is 0. The number of benzene rings is 1. The van der Waals surface area contributed by atoms with Crippen molar-refractivity contribution in [1.82, 2.24) is 19.5 Å². The molecule has 0 bridgehead atoms. The Balaban J connectivity index is 1.81. The lowest BCUT2D eigenvalue weighted by atomic mass is 9.92. The van der Waals surface area contributed by atoms with Crippen LogP contribution >= 0.6 is 11.6 Å². The molecule has 6 nitrogen and oxygen atoms in total. The van der Waals surface area contributed by atoms with Gasteiger partial charge in [-0.1, -0.05) is 11.6 Å². The lowest BCUT2D eigenvalue weighted by molar-refractivity contribution is 0.103. The number of pyridine rings is 2. The molecule has 0 aliphatic heterocycles. The van der Waals surface area contributed by atoms with E-state index in [2.05, 4.69) is 9.97 Å². The summed E-state index contributed by atoms with van der Waals surface area (Å²) in [5.41, 5.74) is 2.63. The largest absolute Gasteiger partial charge is 0.393 e. The number of halogens is 1. The molecule has 1 N–H and O–H groups in total. The molecular formula is C24H21ClN4O2. The predicted octanol–water partition coefficient (Wildman–Crippen LogP) is 4.65. The van der Waals surface area contributed by atoms with Crippen molar-refractivity contribution in [3.63, 3.8) is 0 Å². The molecule has 5 rings (SSSR count). The number of rotatable bonds is 3. The maximum atomic E-state index is 13.8. The van der Waals surface area contributed by atoms with Gasteiger partial charge in [0.1, 0.15) is 11.3 Å². The van der Waals surface area contributed by atoms with Gasteiger partial charge in [0.05, 0.1) is 17.2 Å². The van der Waals surface area contributed by atoms with Gasteiger partial charge in [-0.2, -0.15) is 0 Å². The van der Waals surface area contributed by atoms with Crippen LogP contribution in [0.15, 0.2) is 65.8 Å². The van der Waals surface area contributed by atoms with E-state index in [0.29, 0.717) is 33.9 Å². The van der Waals surface area contributed by atoms with Gasteiger partial charge in [0.2, 0.25) is 0 Å². The first kappa shape index (κ1) is 19.8. The molecule has 4 aromatic rings. The maximum Gasteiger partial charge on any atom is 0.262 e. The normalized spacial score (nSPS) is 18.9. The van der Waals surface area contributed by atoms with Crippen molar-refractivity contribution in [2.75, 3.05) is 0 Å². The van der Waals surface area contributed by atoms with Gasteiger partial charge >= 0.3 is 0 Å². The van der Waals surface area contributed by atoms with Gasteiger partial charge in [-0.05, 0) is 68.1 Å². The Morgan fingerprint density at radius 1 is 1.03 bits per heavy atom. The molecule has 156 valence electrons. The number of aliphatic hydroxyl groups is 1. The Labute approximate surface area is 184 Å². The molecule has 1 fully saturated rings. The van der Waals surface area contributed by atoms with E-state index in [1.807, 2.05) is 24.3 Å². The monoisotopic (exact) mass is 432 g/mol. The zero-order chi connectivity index (χ0) is 21.4. The van der Waals surface area contributed by atoms with Gasteiger partial charge in [-0.3, -0.25) is 19.3 Å². The summed E-state index contributed by atoms with van der Waals surface area (Å²) in [5.74, 6) is 0.561. The highest BCUT2D eigenvalue weighted by atomic mass is 35.5. The number of aromatic nitrogens is 4. The van der Waals surface area contributed by atoms with E-state index in [1.165, 1.54) is 0 Å². The minimum Gasteiger partial charge on any atom is -0.393 e. The zero-order valence-corrected chi connectivity index (χ0v) is 17.5. The molecular weight excluding hydrogens is 412 g/mol. The highest BCUT2D eigenvalue weighted by Gasteiger charge is 2.27. The van der Waals surface area contributed by atoms with E-state index in [1.54, 1.807) is 41.4 Å². The van der Waals surface area contributed by atoms with Crippen LogP contribution in [0.4, 0.5) is 0 Å². The molecule has 7 heteroatoms. The molecule has 1 aliphatic rings. The second kappa shape index (κ2) is 8.21. The predicted molar refractivity (Wildman–Crippen MR) is 121 cm³/mol. The standard InChI is InChI=1S/C24H21ClN4O2/c25-17-8-6-15(7-9-17)23-28-22-20(10-12-27-21(22)16-3-2-11-26-14-16)24(31)29(23)18-4-1-5-19(30)13-18/h2-3,6-12,14,18-19,30H,1,4-5,13H2. The van der Waals surface area contributed by atoms with Crippen LogP contribution in [0.25, 0.3) is 33.5 Å². The highest BCUT2D eigenvalue weighted by molar-refractivity contribution is 6.30. The van der Waals surface area contributed by atoms with Crippen LogP contribution in [-0.4, -0.2) is 30.7 Å². The minimum absolute atomic E-state index is 0.117. The number of fused-ring (bicyclic) bond motifs is 1. The van der Waals surface area contributed by atoms with Crippen molar-refractivity contribution in [3.05, 3.63) is 76.4 Å². The second-order valence-electron chi connectivity index (χ2n) is 7.89. The molecule has 2 unspecified atom stereocenters. The van der Waals surface area contributed by atoms with Gasteiger partial charge in [-0.15, -0.1) is 0 Å². The molecule has 2 atom stereocenters. The molecule has 1 saturated carbocycles. The molecule has 31 heavy (non-hydrogen) atoms. The quantitative estimate of drug-likeness (QED) is 0.509. The van der Waals surface area contributed by atoms with Gasteiger partial charge in [0.25, 0.3) is 5.56 Å². The molecule has 0 spiro atoms. The Morgan fingerprint density at radius 3 is 2.61 bits per heavy atom. The molecule has 0 saturated heterocycles. The van der Waals surface area contributed by atoms with Crippen LogP contribution in [0.5, 0.6) is 0 Å². The number of nitrogens with zero attached hydrogens (tertiary/aromatic N) is 4. The fraction of sp³-hybridized carbons (Fsp3) is 0.250. The van der Waals surface area contributed by atoms with Crippen LogP contribution in [0, 0.1) is 0 Å². The van der Waals surface area contributed by atoms with Gasteiger partial charge in [-0.25, -0.2) is 4.98 Å². The van der Waals surface area contributed by atoms with E-state index < -0.39 is 6.10 Å². The Hall–Kier alpha value is -3.09. The summed E-state index contributed by atoms with van der Waals surface area (Å²) in [4.78, 5) is 27.4. The summed E-state index contributed by atoms with van der Waals surface area (Å²) in [6, 6.07) is 12.6. The van der Waals surface area contributed by atoms with Crippen molar-refractivity contribution in [1.29, 1.82) is 0 Å².